The van der Waals surface area contributed by atoms with Crippen LogP contribution in [-0.4, -0.2) is 88.0 Å². The molecule has 0 saturated heterocycles. The highest BCUT2D eigenvalue weighted by Gasteiger charge is 2.25. The van der Waals surface area contributed by atoms with E-state index in [9.17, 15) is 0 Å². The Hall–Kier alpha value is -4.82. The lowest BCUT2D eigenvalue weighted by Crippen LogP contribution is -2.55. The van der Waals surface area contributed by atoms with Gasteiger partial charge in [-0.1, -0.05) is 101 Å². The van der Waals surface area contributed by atoms with Crippen LogP contribution in [0.25, 0.3) is 71.9 Å². The van der Waals surface area contributed by atoms with Crippen molar-refractivity contribution in [1.29, 1.82) is 0 Å². The molecule has 12 heteroatoms. The van der Waals surface area contributed by atoms with Gasteiger partial charge in [-0.3, -0.25) is 4.57 Å². The van der Waals surface area contributed by atoms with Crippen LogP contribution in [0.3, 0.4) is 0 Å². The lowest BCUT2D eigenvalue weighted by Gasteiger charge is -2.25. The Morgan fingerprint density at radius 2 is 0.745 bits per heavy atom. The molecule has 51 heavy (non-hydrogen) atoms. The zero-order valence-electron chi connectivity index (χ0n) is 31.6. The van der Waals surface area contributed by atoms with Gasteiger partial charge < -0.3 is 0 Å². The molecule has 0 aliphatic carbocycles. The monoisotopic (exact) mass is 642 g/mol. The average Bonchev–Trinajstić information content (AvgIpc) is 3.53. The minimum absolute atomic E-state index is 0.993. The van der Waals surface area contributed by atoms with E-state index in [1.807, 2.05) is 0 Å². The Morgan fingerprint density at radius 3 is 1.27 bits per heavy atom. The summed E-state index contributed by atoms with van der Waals surface area (Å²) in [6.07, 6.45) is 0. The molecule has 8 rings (SSSR count). The summed E-state index contributed by atoms with van der Waals surface area (Å²) in [4.78, 5) is 5.41. The largest absolute Gasteiger partial charge is 0.292 e. The molecule has 0 bridgehead atoms. The van der Waals surface area contributed by atoms with Gasteiger partial charge in [0.05, 0.1) is 16.7 Å². The van der Waals surface area contributed by atoms with Crippen molar-refractivity contribution in [2.45, 2.75) is 0 Å². The number of fused-ring (bicyclic) bond motifs is 3. The van der Waals surface area contributed by atoms with E-state index in [0.717, 1.165) is 22.5 Å². The van der Waals surface area contributed by atoms with E-state index in [1.165, 1.54) is 104 Å². The summed E-state index contributed by atoms with van der Waals surface area (Å²) >= 11 is 0. The predicted octanol–water partition coefficient (Wildman–Crippen LogP) is -7.08. The number of aromatic nitrogens is 2. The maximum Gasteiger partial charge on any atom is 0.144 e. The van der Waals surface area contributed by atoms with Crippen molar-refractivity contribution in [2.75, 3.05) is 0 Å². The molecule has 0 aliphatic heterocycles. The molecule has 0 saturated carbocycles. The van der Waals surface area contributed by atoms with E-state index < -0.39 is 0 Å². The summed E-state index contributed by atoms with van der Waals surface area (Å²) in [5, 5.41) is 5.08. The van der Waals surface area contributed by atoms with Gasteiger partial charge in [0.1, 0.15) is 84.3 Å². The molecule has 8 aromatic rings. The second kappa shape index (κ2) is 12.4. The number of para-hydroxylation sites is 3. The van der Waals surface area contributed by atoms with Crippen LogP contribution in [0.2, 0.25) is 0 Å². The molecule has 1 heterocycles. The summed E-state index contributed by atoms with van der Waals surface area (Å²) < 4.78 is 2.42. The van der Waals surface area contributed by atoms with Gasteiger partial charge in [0, 0.05) is 11.1 Å². The van der Waals surface area contributed by atoms with Crippen molar-refractivity contribution in [3.63, 3.8) is 0 Å². The molecule has 0 fully saturated rings. The number of imidazole rings is 1. The fourth-order valence-corrected chi connectivity index (χ4v) is 8.72. The zero-order chi connectivity index (χ0) is 35.9. The van der Waals surface area contributed by atoms with Crippen LogP contribution in [0, 0.1) is 0 Å². The molecular weight excluding hydrogens is 605 g/mol. The van der Waals surface area contributed by atoms with Gasteiger partial charge in [0.2, 0.25) is 0 Å². The number of rotatable bonds is 4. The van der Waals surface area contributed by atoms with Gasteiger partial charge in [0.25, 0.3) is 0 Å². The van der Waals surface area contributed by atoms with Gasteiger partial charge in [-0.15, -0.1) is 32.8 Å². The Balaban J connectivity index is 1.52. The van der Waals surface area contributed by atoms with Crippen molar-refractivity contribution in [2.24, 2.45) is 0 Å². The van der Waals surface area contributed by atoms with Crippen molar-refractivity contribution in [1.82, 2.24) is 9.55 Å². The first-order valence-electron chi connectivity index (χ1n) is 18.2. The summed E-state index contributed by atoms with van der Waals surface area (Å²) in [5.74, 6) is 0.993. The molecule has 7 aromatic carbocycles. The first kappa shape index (κ1) is 33.3. The predicted molar refractivity (Wildman–Crippen MR) is 254 cm³/mol. The van der Waals surface area contributed by atoms with Crippen LogP contribution in [0.1, 0.15) is 0 Å². The Bertz CT molecular complexity index is 2660. The van der Waals surface area contributed by atoms with Crippen LogP contribution in [0.15, 0.2) is 97.1 Å². The van der Waals surface area contributed by atoms with Crippen LogP contribution < -0.4 is 54.6 Å². The highest BCUT2D eigenvalue weighted by Crippen LogP contribution is 2.45. The molecule has 0 atom stereocenters. The van der Waals surface area contributed by atoms with Gasteiger partial charge >= 0.3 is 0 Å². The highest BCUT2D eigenvalue weighted by atomic mass is 15.1. The third-order valence-electron chi connectivity index (χ3n) is 12.4. The van der Waals surface area contributed by atoms with E-state index in [2.05, 4.69) is 180 Å². The second-order valence-corrected chi connectivity index (χ2v) is 14.6. The molecular formula is C39H36B10N2. The van der Waals surface area contributed by atoms with Crippen LogP contribution >= 0.6 is 0 Å². The van der Waals surface area contributed by atoms with Gasteiger partial charge in [0.15, 0.2) is 0 Å². The molecule has 2 nitrogen and oxygen atoms in total. The summed E-state index contributed by atoms with van der Waals surface area (Å²) in [7, 11) is 22.7. The Labute approximate surface area is 310 Å². The normalized spacial score (nSPS) is 11.5. The van der Waals surface area contributed by atoms with Crippen LogP contribution in [0.5, 0.6) is 0 Å². The molecule has 0 radical (unpaired) electrons. The molecule has 0 amide bonds. The average molecular weight is 641 g/mol. The van der Waals surface area contributed by atoms with Crippen molar-refractivity contribution < 1.29 is 0 Å². The standard InChI is InChI=1S/C39H36B10N2/c40-29-27(30(41)34(45)37(48)33(29)44)26-19-11-3-1-9-17(19)25(18-10-2-4-12-20(18)26)21-13-5-7-15-23(21)51-24-16-8-6-14-22(24)50-39(51)28-31(42)35(46)38(49)36(47)32(28)43/h1-16H,40-49H2. The number of benzene rings is 7. The van der Waals surface area contributed by atoms with E-state index >= 15 is 0 Å². The molecule has 0 N–H and O–H groups in total. The maximum atomic E-state index is 5.41. The van der Waals surface area contributed by atoms with Gasteiger partial charge in [-0.2, -0.15) is 0 Å². The highest BCUT2D eigenvalue weighted by molar-refractivity contribution is 6.70. The third-order valence-corrected chi connectivity index (χ3v) is 12.4. The van der Waals surface area contributed by atoms with Crippen molar-refractivity contribution >= 4 is 166 Å². The molecule has 232 valence electrons. The molecule has 0 aliphatic rings. The fourth-order valence-electron chi connectivity index (χ4n) is 8.72. The van der Waals surface area contributed by atoms with Gasteiger partial charge in [-0.05, 0) is 56.4 Å². The lowest BCUT2D eigenvalue weighted by atomic mass is 9.59. The van der Waals surface area contributed by atoms with E-state index in [-0.39, 0.29) is 0 Å². The number of hydrogen-bond acceptors (Lipinski definition) is 1. The van der Waals surface area contributed by atoms with Crippen molar-refractivity contribution in [3.8, 4) is 39.3 Å². The van der Waals surface area contributed by atoms with E-state index in [4.69, 9.17) is 4.98 Å². The smallest absolute Gasteiger partial charge is 0.144 e. The first-order valence-corrected chi connectivity index (χ1v) is 18.2. The topological polar surface area (TPSA) is 17.8 Å². The Morgan fingerprint density at radius 1 is 0.353 bits per heavy atom. The van der Waals surface area contributed by atoms with Crippen LogP contribution in [-0.2, 0) is 0 Å². The minimum Gasteiger partial charge on any atom is -0.292 e. The maximum absolute atomic E-state index is 5.41. The minimum atomic E-state index is 0.993. The third kappa shape index (κ3) is 4.90. The summed E-state index contributed by atoms with van der Waals surface area (Å²) in [6, 6.07) is 35.6. The Kier molecular flexibility index (Phi) is 8.13. The first-order chi connectivity index (χ1) is 24.5. The van der Waals surface area contributed by atoms with Crippen LogP contribution in [0.4, 0.5) is 0 Å². The molecule has 0 spiro atoms. The van der Waals surface area contributed by atoms with E-state index in [1.54, 1.807) is 0 Å². The summed E-state index contributed by atoms with van der Waals surface area (Å²) in [6.45, 7) is 0. The second-order valence-electron chi connectivity index (χ2n) is 14.6. The summed E-state index contributed by atoms with van der Waals surface area (Å²) in [5.41, 5.74) is 23.1. The van der Waals surface area contributed by atoms with Crippen molar-refractivity contribution in [3.05, 3.63) is 97.1 Å². The fraction of sp³-hybridized carbons (Fsp3) is 0. The number of hydrogen-bond donors (Lipinski definition) is 0. The lowest BCUT2D eigenvalue weighted by molar-refractivity contribution is 1.11. The van der Waals surface area contributed by atoms with E-state index in [0.29, 0.717) is 0 Å². The molecule has 1 aromatic heterocycles. The zero-order valence-corrected chi connectivity index (χ0v) is 31.6. The SMILES string of the molecule is Bc1c(B)c(B)c(-c2c3ccccc3c(-c3ccccc3-n3c(-c4c(B)c(B)c(B)c(B)c4B)nc4ccccc43)c3ccccc23)c(B)c1B. The number of nitrogens with zero attached hydrogens (tertiary/aromatic N) is 2. The molecule has 0 unspecified atom stereocenters. The van der Waals surface area contributed by atoms with Gasteiger partial charge in [-0.25, -0.2) is 4.98 Å². The quantitative estimate of drug-likeness (QED) is 0.138.